The smallest absolute Gasteiger partial charge is 0.0878 e. The van der Waals surface area contributed by atoms with Crippen LogP contribution in [0.25, 0.3) is 0 Å². The van der Waals surface area contributed by atoms with Crippen molar-refractivity contribution in [1.29, 1.82) is 0 Å². The lowest BCUT2D eigenvalue weighted by atomic mass is 10.1. The number of nitrogens with one attached hydrogen (secondary N) is 1. The number of nitrogens with zero attached hydrogens (tertiary/aromatic N) is 2. The predicted molar refractivity (Wildman–Crippen MR) is 81.6 cm³/mol. The number of rotatable bonds is 2. The fourth-order valence-electron chi connectivity index (χ4n) is 3.00. The third-order valence-corrected chi connectivity index (χ3v) is 4.11. The molecule has 1 aromatic carbocycles. The van der Waals surface area contributed by atoms with E-state index in [-0.39, 0.29) is 0 Å². The van der Waals surface area contributed by atoms with Gasteiger partial charge in [0.15, 0.2) is 0 Å². The van der Waals surface area contributed by atoms with Crippen LogP contribution in [0.15, 0.2) is 29.8 Å². The molecule has 3 rings (SSSR count). The minimum atomic E-state index is 0.579. The van der Waals surface area contributed by atoms with E-state index in [0.29, 0.717) is 6.04 Å². The van der Waals surface area contributed by atoms with Crippen LogP contribution in [-0.2, 0) is 6.54 Å². The second kappa shape index (κ2) is 4.89. The SMILES string of the molecule is CC(C)=CCN1Cc2cccc3c2N(CN3)CC1C. The Labute approximate surface area is 115 Å². The molecule has 0 fully saturated rings. The second-order valence-corrected chi connectivity index (χ2v) is 5.93. The van der Waals surface area contributed by atoms with E-state index in [2.05, 4.69) is 60.2 Å². The first-order valence-corrected chi connectivity index (χ1v) is 7.13. The molecule has 102 valence electrons. The Kier molecular flexibility index (Phi) is 3.23. The van der Waals surface area contributed by atoms with Gasteiger partial charge in [0.25, 0.3) is 0 Å². The predicted octanol–water partition coefficient (Wildman–Crippen LogP) is 3.05. The average molecular weight is 257 g/mol. The lowest BCUT2D eigenvalue weighted by Gasteiger charge is -2.27. The van der Waals surface area contributed by atoms with Crippen molar-refractivity contribution in [3.05, 3.63) is 35.4 Å². The van der Waals surface area contributed by atoms with E-state index in [1.165, 1.54) is 22.5 Å². The van der Waals surface area contributed by atoms with Gasteiger partial charge in [-0.15, -0.1) is 0 Å². The molecule has 0 aromatic heterocycles. The molecular formula is C16H23N3. The van der Waals surface area contributed by atoms with Crippen LogP contribution in [0.1, 0.15) is 26.3 Å². The largest absolute Gasteiger partial charge is 0.366 e. The van der Waals surface area contributed by atoms with Gasteiger partial charge in [0.2, 0.25) is 0 Å². The van der Waals surface area contributed by atoms with Crippen molar-refractivity contribution in [3.63, 3.8) is 0 Å². The Bertz CT molecular complexity index is 503. The van der Waals surface area contributed by atoms with Crippen molar-refractivity contribution in [2.45, 2.75) is 33.4 Å². The Morgan fingerprint density at radius 2 is 2.26 bits per heavy atom. The first-order chi connectivity index (χ1) is 9.15. The molecule has 0 saturated heterocycles. The molecule has 2 aliphatic rings. The summed E-state index contributed by atoms with van der Waals surface area (Å²) in [5.41, 5.74) is 5.58. The fourth-order valence-corrected chi connectivity index (χ4v) is 3.00. The molecule has 0 bridgehead atoms. The number of hydrogen-bond acceptors (Lipinski definition) is 3. The van der Waals surface area contributed by atoms with Crippen molar-refractivity contribution in [2.75, 3.05) is 30.0 Å². The molecule has 1 N–H and O–H groups in total. The van der Waals surface area contributed by atoms with E-state index in [4.69, 9.17) is 0 Å². The summed E-state index contributed by atoms with van der Waals surface area (Å²) in [6.45, 7) is 10.8. The third-order valence-electron chi connectivity index (χ3n) is 4.11. The maximum Gasteiger partial charge on any atom is 0.0878 e. The van der Waals surface area contributed by atoms with E-state index < -0.39 is 0 Å². The van der Waals surface area contributed by atoms with Gasteiger partial charge in [-0.05, 0) is 32.4 Å². The molecule has 0 amide bonds. The van der Waals surface area contributed by atoms with Crippen molar-refractivity contribution in [1.82, 2.24) is 4.90 Å². The highest BCUT2D eigenvalue weighted by molar-refractivity contribution is 5.78. The molecule has 2 heterocycles. The van der Waals surface area contributed by atoms with E-state index in [0.717, 1.165) is 26.3 Å². The Hall–Kier alpha value is -1.48. The topological polar surface area (TPSA) is 18.5 Å². The molecule has 2 aliphatic heterocycles. The number of hydrogen-bond donors (Lipinski definition) is 1. The Morgan fingerprint density at radius 1 is 1.42 bits per heavy atom. The van der Waals surface area contributed by atoms with Crippen molar-refractivity contribution in [3.8, 4) is 0 Å². The number of benzene rings is 1. The number of allylic oxidation sites excluding steroid dienone is 1. The minimum Gasteiger partial charge on any atom is -0.366 e. The molecule has 1 unspecified atom stereocenters. The molecule has 0 aliphatic carbocycles. The van der Waals surface area contributed by atoms with Crippen molar-refractivity contribution in [2.24, 2.45) is 0 Å². The molecule has 0 spiro atoms. The van der Waals surface area contributed by atoms with Gasteiger partial charge < -0.3 is 10.2 Å². The summed E-state index contributed by atoms with van der Waals surface area (Å²) in [6, 6.07) is 7.21. The van der Waals surface area contributed by atoms with E-state index in [1.807, 2.05) is 0 Å². The summed E-state index contributed by atoms with van der Waals surface area (Å²) in [5, 5.41) is 3.49. The monoisotopic (exact) mass is 257 g/mol. The first kappa shape index (κ1) is 12.5. The van der Waals surface area contributed by atoms with E-state index in [1.54, 1.807) is 0 Å². The van der Waals surface area contributed by atoms with E-state index in [9.17, 15) is 0 Å². The van der Waals surface area contributed by atoms with Crippen LogP contribution in [0.4, 0.5) is 11.4 Å². The number of anilines is 2. The lowest BCUT2D eigenvalue weighted by Crippen LogP contribution is -2.39. The number of para-hydroxylation sites is 1. The standard InChI is InChI=1S/C16H23N3/c1-12(2)7-8-18-10-14-5-4-6-15-16(14)19(11-17-15)9-13(18)3/h4-7,13,17H,8-11H2,1-3H3. The highest BCUT2D eigenvalue weighted by Crippen LogP contribution is 2.37. The summed E-state index contributed by atoms with van der Waals surface area (Å²) >= 11 is 0. The van der Waals surface area contributed by atoms with Crippen LogP contribution in [0.3, 0.4) is 0 Å². The van der Waals surface area contributed by atoms with Crippen LogP contribution in [0.5, 0.6) is 0 Å². The minimum absolute atomic E-state index is 0.579. The average Bonchev–Trinajstić information content (AvgIpc) is 2.71. The van der Waals surface area contributed by atoms with Crippen LogP contribution in [0.2, 0.25) is 0 Å². The Morgan fingerprint density at radius 3 is 3.05 bits per heavy atom. The zero-order chi connectivity index (χ0) is 13.4. The van der Waals surface area contributed by atoms with Crippen LogP contribution < -0.4 is 10.2 Å². The highest BCUT2D eigenvalue weighted by atomic mass is 15.3. The maximum absolute atomic E-state index is 3.49. The van der Waals surface area contributed by atoms with Gasteiger partial charge in [-0.3, -0.25) is 4.90 Å². The summed E-state index contributed by atoms with van der Waals surface area (Å²) in [7, 11) is 0. The fraction of sp³-hybridized carbons (Fsp3) is 0.500. The van der Waals surface area contributed by atoms with Gasteiger partial charge in [-0.25, -0.2) is 0 Å². The normalized spacial score (nSPS) is 21.6. The van der Waals surface area contributed by atoms with Gasteiger partial charge in [-0.1, -0.05) is 23.8 Å². The van der Waals surface area contributed by atoms with Gasteiger partial charge in [0.05, 0.1) is 18.0 Å². The van der Waals surface area contributed by atoms with Gasteiger partial charge in [0, 0.05) is 25.7 Å². The summed E-state index contributed by atoms with van der Waals surface area (Å²) in [4.78, 5) is 5.05. The van der Waals surface area contributed by atoms with Crippen LogP contribution >= 0.6 is 0 Å². The third kappa shape index (κ3) is 2.35. The molecule has 1 atom stereocenters. The summed E-state index contributed by atoms with van der Waals surface area (Å²) in [6.07, 6.45) is 2.33. The van der Waals surface area contributed by atoms with Crippen LogP contribution in [0, 0.1) is 0 Å². The molecular weight excluding hydrogens is 234 g/mol. The molecule has 0 saturated carbocycles. The zero-order valence-corrected chi connectivity index (χ0v) is 12.1. The van der Waals surface area contributed by atoms with Gasteiger partial charge in [0.1, 0.15) is 0 Å². The quantitative estimate of drug-likeness (QED) is 0.822. The molecule has 3 heteroatoms. The molecule has 19 heavy (non-hydrogen) atoms. The van der Waals surface area contributed by atoms with Crippen molar-refractivity contribution < 1.29 is 0 Å². The lowest BCUT2D eigenvalue weighted by molar-refractivity contribution is 0.231. The molecule has 0 radical (unpaired) electrons. The maximum atomic E-state index is 3.49. The summed E-state index contributed by atoms with van der Waals surface area (Å²) in [5.74, 6) is 0. The molecule has 1 aromatic rings. The highest BCUT2D eigenvalue weighted by Gasteiger charge is 2.29. The van der Waals surface area contributed by atoms with E-state index >= 15 is 0 Å². The Balaban J connectivity index is 1.90. The van der Waals surface area contributed by atoms with Crippen LogP contribution in [-0.4, -0.2) is 30.7 Å². The first-order valence-electron chi connectivity index (χ1n) is 7.13. The van der Waals surface area contributed by atoms with Gasteiger partial charge in [-0.2, -0.15) is 0 Å². The van der Waals surface area contributed by atoms with Gasteiger partial charge >= 0.3 is 0 Å². The zero-order valence-electron chi connectivity index (χ0n) is 12.1. The molecule has 3 nitrogen and oxygen atoms in total. The second-order valence-electron chi connectivity index (χ2n) is 5.93. The van der Waals surface area contributed by atoms with Crippen molar-refractivity contribution >= 4 is 11.4 Å². The summed E-state index contributed by atoms with van der Waals surface area (Å²) < 4.78 is 0.